The molecule has 1 amide bonds. The summed E-state index contributed by atoms with van der Waals surface area (Å²) in [5.41, 5.74) is -0.420. The van der Waals surface area contributed by atoms with Crippen molar-refractivity contribution >= 4 is 17.7 Å². The van der Waals surface area contributed by atoms with Crippen LogP contribution in [0.5, 0.6) is 0 Å². The van der Waals surface area contributed by atoms with Crippen LogP contribution in [0.4, 0.5) is 18.0 Å². The van der Waals surface area contributed by atoms with E-state index in [2.05, 4.69) is 5.32 Å². The Morgan fingerprint density at radius 3 is 2.62 bits per heavy atom. The number of nitrogens with zero attached hydrogens (tertiary/aromatic N) is 1. The number of benzene rings is 1. The van der Waals surface area contributed by atoms with Crippen molar-refractivity contribution in [2.75, 3.05) is 19.6 Å². The van der Waals surface area contributed by atoms with Crippen LogP contribution in [0.25, 0.3) is 0 Å². The highest BCUT2D eigenvalue weighted by atomic mass is 35.5. The van der Waals surface area contributed by atoms with Gasteiger partial charge in [0, 0.05) is 25.2 Å². The fourth-order valence-electron chi connectivity index (χ4n) is 1.97. The summed E-state index contributed by atoms with van der Waals surface area (Å²) in [6.45, 7) is 4.81. The van der Waals surface area contributed by atoms with Gasteiger partial charge in [0.2, 0.25) is 0 Å². The zero-order valence-corrected chi connectivity index (χ0v) is 14.7. The van der Waals surface area contributed by atoms with E-state index in [0.29, 0.717) is 0 Å². The maximum Gasteiger partial charge on any atom is 0.407 e. The molecule has 24 heavy (non-hydrogen) atoms. The van der Waals surface area contributed by atoms with Gasteiger partial charge in [0.15, 0.2) is 0 Å². The molecule has 136 valence electrons. The number of alkyl halides is 2. The number of nitrogens with one attached hydrogen (secondary N) is 1. The molecule has 0 fully saturated rings. The van der Waals surface area contributed by atoms with E-state index in [4.69, 9.17) is 16.3 Å². The number of alkyl carbamates (subject to hydrolysis) is 1. The Hall–Kier alpha value is -1.47. The first kappa shape index (κ1) is 20.6. The highest BCUT2D eigenvalue weighted by Crippen LogP contribution is 2.19. The molecule has 0 aliphatic carbocycles. The van der Waals surface area contributed by atoms with Crippen molar-refractivity contribution in [3.8, 4) is 0 Å². The molecule has 0 aromatic heterocycles. The van der Waals surface area contributed by atoms with Gasteiger partial charge in [-0.25, -0.2) is 18.0 Å². The molecule has 0 spiro atoms. The van der Waals surface area contributed by atoms with Crippen LogP contribution in [0.1, 0.15) is 26.3 Å². The first-order valence-corrected chi connectivity index (χ1v) is 7.86. The normalized spacial score (nSPS) is 11.9. The number of amides is 1. The van der Waals surface area contributed by atoms with Gasteiger partial charge in [0.05, 0.1) is 11.6 Å². The van der Waals surface area contributed by atoms with Crippen molar-refractivity contribution in [1.29, 1.82) is 0 Å². The predicted molar refractivity (Wildman–Crippen MR) is 86.9 cm³/mol. The average Bonchev–Trinajstić information content (AvgIpc) is 2.41. The minimum Gasteiger partial charge on any atom is -0.444 e. The second kappa shape index (κ2) is 9.13. The Bertz CT molecular complexity index is 551. The Morgan fingerprint density at radius 1 is 1.38 bits per heavy atom. The molecule has 0 bridgehead atoms. The lowest BCUT2D eigenvalue weighted by Crippen LogP contribution is -2.39. The second-order valence-corrected chi connectivity index (χ2v) is 6.68. The van der Waals surface area contributed by atoms with Gasteiger partial charge < -0.3 is 10.1 Å². The van der Waals surface area contributed by atoms with Gasteiger partial charge in [0.1, 0.15) is 11.4 Å². The first-order valence-electron chi connectivity index (χ1n) is 7.48. The number of hydrogen-bond donors (Lipinski definition) is 1. The molecular weight excluding hydrogens is 345 g/mol. The molecule has 0 aliphatic heterocycles. The summed E-state index contributed by atoms with van der Waals surface area (Å²) in [5.74, 6) is -0.626. The van der Waals surface area contributed by atoms with E-state index >= 15 is 0 Å². The van der Waals surface area contributed by atoms with Crippen LogP contribution in [0, 0.1) is 5.82 Å². The summed E-state index contributed by atoms with van der Waals surface area (Å²) in [6, 6.07) is 4.43. The van der Waals surface area contributed by atoms with Crippen molar-refractivity contribution < 1.29 is 22.7 Å². The van der Waals surface area contributed by atoms with E-state index in [-0.39, 0.29) is 30.2 Å². The van der Waals surface area contributed by atoms with Gasteiger partial charge in [-0.15, -0.1) is 0 Å². The summed E-state index contributed by atoms with van der Waals surface area (Å²) in [7, 11) is 0. The lowest BCUT2D eigenvalue weighted by Gasteiger charge is -2.23. The number of ether oxygens (including phenoxy) is 1. The van der Waals surface area contributed by atoms with Crippen LogP contribution < -0.4 is 5.32 Å². The van der Waals surface area contributed by atoms with Crippen molar-refractivity contribution in [3.63, 3.8) is 0 Å². The van der Waals surface area contributed by atoms with Crippen molar-refractivity contribution in [2.45, 2.75) is 39.3 Å². The molecule has 0 saturated heterocycles. The molecule has 0 unspecified atom stereocenters. The van der Waals surface area contributed by atoms with E-state index in [0.717, 1.165) is 0 Å². The van der Waals surface area contributed by atoms with Crippen molar-refractivity contribution in [2.24, 2.45) is 0 Å². The maximum absolute atomic E-state index is 13.9. The lowest BCUT2D eigenvalue weighted by molar-refractivity contribution is 0.0509. The minimum atomic E-state index is -2.58. The molecule has 0 atom stereocenters. The lowest BCUT2D eigenvalue weighted by atomic mass is 10.2. The average molecular weight is 367 g/mol. The van der Waals surface area contributed by atoms with Crippen LogP contribution in [0.3, 0.4) is 0 Å². The van der Waals surface area contributed by atoms with E-state index in [1.807, 2.05) is 0 Å². The van der Waals surface area contributed by atoms with Crippen molar-refractivity contribution in [3.05, 3.63) is 34.6 Å². The Kier molecular flexibility index (Phi) is 7.83. The van der Waals surface area contributed by atoms with Gasteiger partial charge in [0.25, 0.3) is 6.43 Å². The third kappa shape index (κ3) is 7.88. The second-order valence-electron chi connectivity index (χ2n) is 6.27. The summed E-state index contributed by atoms with van der Waals surface area (Å²) in [6.07, 6.45) is -3.21. The molecule has 1 N–H and O–H groups in total. The highest BCUT2D eigenvalue weighted by molar-refractivity contribution is 6.30. The molecule has 1 rings (SSSR count). The largest absolute Gasteiger partial charge is 0.444 e. The van der Waals surface area contributed by atoms with Gasteiger partial charge in [-0.2, -0.15) is 0 Å². The molecule has 0 aliphatic rings. The summed E-state index contributed by atoms with van der Waals surface area (Å²) in [5, 5.41) is 2.43. The molecule has 0 radical (unpaired) electrons. The number of carbonyl (C=O) groups is 1. The Balaban J connectivity index is 2.60. The summed E-state index contributed by atoms with van der Waals surface area (Å²) in [4.78, 5) is 12.9. The summed E-state index contributed by atoms with van der Waals surface area (Å²) < 4.78 is 44.4. The maximum atomic E-state index is 13.9. The van der Waals surface area contributed by atoms with Gasteiger partial charge in [-0.05, 0) is 26.8 Å². The number of hydrogen-bond acceptors (Lipinski definition) is 3. The Labute approximate surface area is 144 Å². The standard InChI is InChI=1S/C16H22ClF3N2O2/c1-16(2,3)24-15(23)21-7-8-22(10-13(18)19)9-11-5-4-6-12(17)14(11)20/h4-6,13H,7-10H2,1-3H3,(H,21,23). The molecule has 0 heterocycles. The van der Waals surface area contributed by atoms with Crippen LogP contribution in [-0.4, -0.2) is 42.7 Å². The highest BCUT2D eigenvalue weighted by Gasteiger charge is 2.18. The van der Waals surface area contributed by atoms with E-state index in [9.17, 15) is 18.0 Å². The molecule has 1 aromatic carbocycles. The van der Waals surface area contributed by atoms with Crippen LogP contribution >= 0.6 is 11.6 Å². The zero-order chi connectivity index (χ0) is 18.3. The van der Waals surface area contributed by atoms with E-state index in [1.165, 1.54) is 17.0 Å². The third-order valence-electron chi connectivity index (χ3n) is 2.92. The topological polar surface area (TPSA) is 41.6 Å². The molecular formula is C16H22ClF3N2O2. The summed E-state index contributed by atoms with van der Waals surface area (Å²) >= 11 is 5.70. The SMILES string of the molecule is CC(C)(C)OC(=O)NCCN(Cc1cccc(Cl)c1F)CC(F)F. The van der Waals surface area contributed by atoms with Crippen molar-refractivity contribution in [1.82, 2.24) is 10.2 Å². The first-order chi connectivity index (χ1) is 11.1. The fraction of sp³-hybridized carbons (Fsp3) is 0.562. The smallest absolute Gasteiger partial charge is 0.407 e. The molecule has 8 heteroatoms. The molecule has 4 nitrogen and oxygen atoms in total. The predicted octanol–water partition coefficient (Wildman–Crippen LogP) is 4.07. The molecule has 1 aromatic rings. The minimum absolute atomic E-state index is 0.0350. The number of halogens is 4. The van der Waals surface area contributed by atoms with Crippen LogP contribution in [0.15, 0.2) is 18.2 Å². The zero-order valence-electron chi connectivity index (χ0n) is 13.9. The van der Waals surface area contributed by atoms with Gasteiger partial charge >= 0.3 is 6.09 Å². The monoisotopic (exact) mass is 366 g/mol. The van der Waals surface area contributed by atoms with Gasteiger partial charge in [-0.3, -0.25) is 4.90 Å². The van der Waals surface area contributed by atoms with Crippen LogP contribution in [0.2, 0.25) is 5.02 Å². The van der Waals surface area contributed by atoms with E-state index < -0.39 is 30.5 Å². The fourth-order valence-corrected chi connectivity index (χ4v) is 2.17. The number of rotatable bonds is 7. The van der Waals surface area contributed by atoms with Gasteiger partial charge in [-0.1, -0.05) is 23.7 Å². The molecule has 0 saturated carbocycles. The number of carbonyl (C=O) groups excluding carboxylic acids is 1. The quantitative estimate of drug-likeness (QED) is 0.790. The van der Waals surface area contributed by atoms with Crippen LogP contribution in [-0.2, 0) is 11.3 Å². The van der Waals surface area contributed by atoms with E-state index in [1.54, 1.807) is 26.8 Å². The third-order valence-corrected chi connectivity index (χ3v) is 3.21. The Morgan fingerprint density at radius 2 is 2.04 bits per heavy atom.